The van der Waals surface area contributed by atoms with Crippen molar-refractivity contribution in [2.24, 2.45) is 0 Å². The highest BCUT2D eigenvalue weighted by Crippen LogP contribution is 2.66. The van der Waals surface area contributed by atoms with Gasteiger partial charge < -0.3 is 0 Å². The van der Waals surface area contributed by atoms with Crippen LogP contribution in [0.3, 0.4) is 0 Å². The number of alkyl halides is 6. The molecule has 4 aromatic heterocycles. The van der Waals surface area contributed by atoms with Crippen LogP contribution >= 0.6 is 22.7 Å². The Hall–Kier alpha value is -3.50. The fourth-order valence-electron chi connectivity index (χ4n) is 5.36. The molecule has 1 aliphatic carbocycles. The molecule has 39 heavy (non-hydrogen) atoms. The molecule has 4 heterocycles. The molecule has 6 aromatic rings. The molecule has 0 saturated carbocycles. The van der Waals surface area contributed by atoms with Crippen molar-refractivity contribution >= 4 is 75.8 Å². The highest BCUT2D eigenvalue weighted by atomic mass is 32.1. The average molecular weight is 571 g/mol. The molecule has 0 unspecified atom stereocenters. The van der Waals surface area contributed by atoms with Gasteiger partial charge in [-0.15, -0.1) is 22.7 Å². The Morgan fingerprint density at radius 2 is 0.949 bits per heavy atom. The second-order valence-electron chi connectivity index (χ2n) is 9.61. The maximum atomic E-state index is 15.5. The zero-order valence-corrected chi connectivity index (χ0v) is 21.9. The number of pyridine rings is 2. The summed E-state index contributed by atoms with van der Waals surface area (Å²) in [5.74, 6) is -15.9. The number of rotatable bonds is 2. The Morgan fingerprint density at radius 3 is 1.36 bits per heavy atom. The summed E-state index contributed by atoms with van der Waals surface area (Å²) in [6, 6.07) is 16.6. The van der Waals surface area contributed by atoms with Gasteiger partial charge in [0.25, 0.3) is 0 Å². The molecule has 0 fully saturated rings. The largest absolute Gasteiger partial charge is 0.380 e. The van der Waals surface area contributed by atoms with E-state index >= 15 is 17.6 Å². The lowest BCUT2D eigenvalue weighted by Crippen LogP contribution is -2.48. The summed E-state index contributed by atoms with van der Waals surface area (Å²) >= 11 is 1.60. The van der Waals surface area contributed by atoms with Crippen molar-refractivity contribution in [1.29, 1.82) is 0 Å². The van der Waals surface area contributed by atoms with Crippen LogP contribution in [0.25, 0.3) is 53.1 Å². The second-order valence-corrected chi connectivity index (χ2v) is 11.7. The summed E-state index contributed by atoms with van der Waals surface area (Å²) in [4.78, 5) is 8.30. The standard InChI is InChI=1S/C29H16F6N2S2/c1-13-17-11-21(38-25(17)15-7-3-5-9-19(15)36-13)23-24(28(32,33)29(34,35)27(23,30)31)22-12-18-14(2)37-20-10-6-4-8-16(20)26(18)39-22/h3-12H,1-2H3. The molecular formula is C29H16F6N2S2. The number of halogens is 6. The summed E-state index contributed by atoms with van der Waals surface area (Å²) < 4.78 is 93.1. The minimum Gasteiger partial charge on any atom is -0.252 e. The monoisotopic (exact) mass is 570 g/mol. The van der Waals surface area contributed by atoms with Gasteiger partial charge in [0.15, 0.2) is 0 Å². The van der Waals surface area contributed by atoms with Crippen molar-refractivity contribution in [3.8, 4) is 0 Å². The first-order chi connectivity index (χ1) is 18.4. The van der Waals surface area contributed by atoms with E-state index in [2.05, 4.69) is 9.97 Å². The number of hydrogen-bond acceptors (Lipinski definition) is 4. The lowest BCUT2D eigenvalue weighted by Gasteiger charge is -2.25. The van der Waals surface area contributed by atoms with Crippen LogP contribution in [0, 0.1) is 13.8 Å². The summed E-state index contributed by atoms with van der Waals surface area (Å²) in [5.41, 5.74) is -0.518. The van der Waals surface area contributed by atoms with Crippen molar-refractivity contribution in [3.05, 3.63) is 81.8 Å². The zero-order valence-electron chi connectivity index (χ0n) is 20.3. The Bertz CT molecular complexity index is 1890. The first-order valence-corrected chi connectivity index (χ1v) is 13.5. The van der Waals surface area contributed by atoms with E-state index in [1.165, 1.54) is 12.1 Å². The first-order valence-electron chi connectivity index (χ1n) is 11.9. The highest BCUT2D eigenvalue weighted by Gasteiger charge is 2.80. The topological polar surface area (TPSA) is 25.8 Å². The van der Waals surface area contributed by atoms with Crippen LogP contribution in [0.5, 0.6) is 0 Å². The van der Waals surface area contributed by atoms with E-state index < -0.39 is 28.9 Å². The molecule has 0 bridgehead atoms. The average Bonchev–Trinajstić information content (AvgIpc) is 3.55. The molecule has 7 rings (SSSR count). The van der Waals surface area contributed by atoms with Crippen LogP contribution in [0.1, 0.15) is 21.1 Å². The predicted octanol–water partition coefficient (Wildman–Crippen LogP) is 9.66. The van der Waals surface area contributed by atoms with Crippen LogP contribution in [0.15, 0.2) is 60.7 Å². The van der Waals surface area contributed by atoms with Gasteiger partial charge in [0.05, 0.1) is 22.2 Å². The molecule has 1 aliphatic rings. The number of thiophene rings is 2. The SMILES string of the molecule is Cc1nc2ccccc2c2sc(C3=C(c4cc5c(C)nc6ccccc6c5s4)C(F)(F)C(F)(F)C3(F)F)cc12. The number of benzene rings is 2. The van der Waals surface area contributed by atoms with Gasteiger partial charge in [0.2, 0.25) is 0 Å². The molecule has 196 valence electrons. The maximum absolute atomic E-state index is 15.5. The van der Waals surface area contributed by atoms with Gasteiger partial charge in [-0.1, -0.05) is 36.4 Å². The van der Waals surface area contributed by atoms with Crippen LogP contribution in [0.4, 0.5) is 26.3 Å². The molecule has 0 saturated heterocycles. The molecule has 2 nitrogen and oxygen atoms in total. The Labute approximate surface area is 225 Å². The lowest BCUT2D eigenvalue weighted by molar-refractivity contribution is -0.254. The molecule has 0 amide bonds. The number of allylic oxidation sites excluding steroid dienone is 2. The van der Waals surface area contributed by atoms with Crippen molar-refractivity contribution in [3.63, 3.8) is 0 Å². The van der Waals surface area contributed by atoms with E-state index in [0.717, 1.165) is 22.7 Å². The van der Waals surface area contributed by atoms with Gasteiger partial charge in [-0.05, 0) is 38.1 Å². The molecule has 10 heteroatoms. The van der Waals surface area contributed by atoms with Crippen molar-refractivity contribution < 1.29 is 26.3 Å². The number of fused-ring (bicyclic) bond motifs is 6. The van der Waals surface area contributed by atoms with Gasteiger partial charge in [-0.3, -0.25) is 9.97 Å². The number of nitrogens with zero attached hydrogens (tertiary/aromatic N) is 2. The molecule has 0 N–H and O–H groups in total. The summed E-state index contributed by atoms with van der Waals surface area (Å²) in [7, 11) is 0. The summed E-state index contributed by atoms with van der Waals surface area (Å²) in [6.07, 6.45) is 0. The zero-order chi connectivity index (χ0) is 27.5. The van der Waals surface area contributed by atoms with Gasteiger partial charge >= 0.3 is 17.8 Å². The molecule has 0 atom stereocenters. The lowest BCUT2D eigenvalue weighted by atomic mass is 10.0. The van der Waals surface area contributed by atoms with E-state index in [9.17, 15) is 8.78 Å². The third kappa shape index (κ3) is 3.10. The van der Waals surface area contributed by atoms with Gasteiger partial charge in [-0.25, -0.2) is 0 Å². The Kier molecular flexibility index (Phi) is 4.90. The van der Waals surface area contributed by atoms with Gasteiger partial charge in [0.1, 0.15) is 0 Å². The molecule has 0 aliphatic heterocycles. The Balaban J connectivity index is 1.59. The van der Waals surface area contributed by atoms with Gasteiger partial charge in [-0.2, -0.15) is 26.3 Å². The highest BCUT2D eigenvalue weighted by molar-refractivity contribution is 7.22. The summed E-state index contributed by atoms with van der Waals surface area (Å²) in [5, 5.41) is 2.17. The van der Waals surface area contributed by atoms with Crippen LogP contribution in [-0.2, 0) is 0 Å². The third-order valence-corrected chi connectivity index (χ3v) is 9.65. The van der Waals surface area contributed by atoms with Crippen molar-refractivity contribution in [1.82, 2.24) is 9.97 Å². The summed E-state index contributed by atoms with van der Waals surface area (Å²) in [6.45, 7) is 3.34. The normalized spacial score (nSPS) is 18.3. The van der Waals surface area contributed by atoms with Crippen LogP contribution in [-0.4, -0.2) is 27.7 Å². The number of para-hydroxylation sites is 2. The van der Waals surface area contributed by atoms with E-state index in [0.29, 0.717) is 53.4 Å². The fourth-order valence-corrected chi connectivity index (χ4v) is 8.01. The van der Waals surface area contributed by atoms with Crippen molar-refractivity contribution in [2.75, 3.05) is 0 Å². The minimum atomic E-state index is -5.62. The van der Waals surface area contributed by atoms with Crippen LogP contribution in [0.2, 0.25) is 0 Å². The fraction of sp³-hybridized carbons (Fsp3) is 0.172. The third-order valence-electron chi connectivity index (χ3n) is 7.28. The molecule has 2 aromatic carbocycles. The minimum absolute atomic E-state index is 0.333. The smallest absolute Gasteiger partial charge is 0.252 e. The number of aryl methyl sites for hydroxylation is 2. The predicted molar refractivity (Wildman–Crippen MR) is 145 cm³/mol. The number of aromatic nitrogens is 2. The van der Waals surface area contributed by atoms with Gasteiger partial charge in [0, 0.05) is 52.1 Å². The van der Waals surface area contributed by atoms with E-state index in [4.69, 9.17) is 0 Å². The maximum Gasteiger partial charge on any atom is 0.380 e. The first kappa shape index (κ1) is 24.5. The molecule has 0 spiro atoms. The van der Waals surface area contributed by atoms with E-state index in [1.807, 2.05) is 0 Å². The van der Waals surface area contributed by atoms with E-state index in [1.54, 1.807) is 62.4 Å². The second kappa shape index (κ2) is 7.79. The molecular weight excluding hydrogens is 554 g/mol. The molecule has 0 radical (unpaired) electrons. The Morgan fingerprint density at radius 1 is 0.564 bits per heavy atom. The quantitative estimate of drug-likeness (QED) is 0.194. The van der Waals surface area contributed by atoms with Crippen LogP contribution < -0.4 is 0 Å². The number of hydrogen-bond donors (Lipinski definition) is 0. The van der Waals surface area contributed by atoms with Crippen molar-refractivity contribution in [2.45, 2.75) is 31.6 Å². The van der Waals surface area contributed by atoms with E-state index in [-0.39, 0.29) is 9.75 Å².